The van der Waals surface area contributed by atoms with E-state index in [1.807, 2.05) is 0 Å². The van der Waals surface area contributed by atoms with Crippen molar-refractivity contribution in [3.8, 4) is 11.5 Å². The van der Waals surface area contributed by atoms with Crippen molar-refractivity contribution in [1.29, 1.82) is 0 Å². The Hall–Kier alpha value is -2.21. The molecule has 2 aromatic rings. The van der Waals surface area contributed by atoms with Crippen LogP contribution in [-0.4, -0.2) is 23.0 Å². The first-order chi connectivity index (χ1) is 11.1. The molecule has 1 fully saturated rings. The Morgan fingerprint density at radius 1 is 1.30 bits per heavy atom. The van der Waals surface area contributed by atoms with Crippen LogP contribution in [0.25, 0.3) is 11.5 Å². The molecular weight excluding hydrogens is 297 g/mol. The first-order valence-electron chi connectivity index (χ1n) is 7.84. The smallest absolute Gasteiger partial charge is 0.240 e. The van der Waals surface area contributed by atoms with Gasteiger partial charge in [0.05, 0.1) is 11.2 Å². The predicted molar refractivity (Wildman–Crippen MR) is 84.0 cm³/mol. The van der Waals surface area contributed by atoms with Gasteiger partial charge in [0, 0.05) is 18.5 Å². The van der Waals surface area contributed by atoms with E-state index < -0.39 is 5.54 Å². The molecule has 6 heteroatoms. The number of benzene rings is 1. The van der Waals surface area contributed by atoms with Crippen molar-refractivity contribution in [3.63, 3.8) is 0 Å². The highest BCUT2D eigenvalue weighted by atomic mass is 19.1. The second kappa shape index (κ2) is 6.50. The summed E-state index contributed by atoms with van der Waals surface area (Å²) >= 11 is 0. The molecular formula is C17H20FN3O2. The van der Waals surface area contributed by atoms with Gasteiger partial charge < -0.3 is 15.5 Å². The van der Waals surface area contributed by atoms with Crippen LogP contribution in [0.15, 0.2) is 34.9 Å². The fourth-order valence-electron chi connectivity index (χ4n) is 2.86. The Morgan fingerprint density at radius 3 is 2.70 bits per heavy atom. The van der Waals surface area contributed by atoms with Crippen LogP contribution in [0.2, 0.25) is 0 Å². The van der Waals surface area contributed by atoms with E-state index in [0.717, 1.165) is 31.4 Å². The number of hydrogen-bond acceptors (Lipinski definition) is 4. The molecule has 1 aliphatic carbocycles. The molecule has 1 aromatic carbocycles. The van der Waals surface area contributed by atoms with E-state index >= 15 is 0 Å². The van der Waals surface area contributed by atoms with Gasteiger partial charge in [-0.05, 0) is 37.1 Å². The normalized spacial score (nSPS) is 16.4. The number of nitrogens with one attached hydrogen (secondary N) is 1. The molecule has 0 unspecified atom stereocenters. The largest absolute Gasteiger partial charge is 0.444 e. The molecule has 0 saturated heterocycles. The minimum absolute atomic E-state index is 0.0859. The number of hydrogen-bond donors (Lipinski definition) is 2. The van der Waals surface area contributed by atoms with E-state index in [1.54, 1.807) is 18.4 Å². The van der Waals surface area contributed by atoms with Gasteiger partial charge in [-0.25, -0.2) is 9.37 Å². The van der Waals surface area contributed by atoms with Gasteiger partial charge in [0.1, 0.15) is 12.1 Å². The van der Waals surface area contributed by atoms with Gasteiger partial charge in [-0.3, -0.25) is 4.79 Å². The molecule has 0 spiro atoms. The van der Waals surface area contributed by atoms with Crippen LogP contribution >= 0.6 is 0 Å². The molecule has 0 atom stereocenters. The highest BCUT2D eigenvalue weighted by Gasteiger charge is 2.36. The lowest BCUT2D eigenvalue weighted by Gasteiger charge is -2.21. The number of halogens is 1. The van der Waals surface area contributed by atoms with Crippen molar-refractivity contribution in [3.05, 3.63) is 42.0 Å². The minimum Gasteiger partial charge on any atom is -0.444 e. The van der Waals surface area contributed by atoms with E-state index in [0.29, 0.717) is 24.4 Å². The van der Waals surface area contributed by atoms with Gasteiger partial charge in [-0.15, -0.1) is 0 Å². The molecule has 122 valence electrons. The van der Waals surface area contributed by atoms with Crippen molar-refractivity contribution in [2.75, 3.05) is 6.54 Å². The third-order valence-corrected chi connectivity index (χ3v) is 4.26. The van der Waals surface area contributed by atoms with Crippen molar-refractivity contribution in [2.24, 2.45) is 5.73 Å². The molecule has 1 heterocycles. The van der Waals surface area contributed by atoms with Crippen LogP contribution in [0.4, 0.5) is 4.39 Å². The first kappa shape index (κ1) is 15.7. The topological polar surface area (TPSA) is 81.2 Å². The maximum atomic E-state index is 12.9. The van der Waals surface area contributed by atoms with Crippen LogP contribution in [-0.2, 0) is 11.2 Å². The summed E-state index contributed by atoms with van der Waals surface area (Å²) in [7, 11) is 0. The number of rotatable bonds is 5. The Bertz CT molecular complexity index is 675. The van der Waals surface area contributed by atoms with Crippen molar-refractivity contribution in [2.45, 2.75) is 37.6 Å². The predicted octanol–water partition coefficient (Wildman–Crippen LogP) is 2.41. The highest BCUT2D eigenvalue weighted by molar-refractivity contribution is 5.86. The summed E-state index contributed by atoms with van der Waals surface area (Å²) in [6, 6.07) is 5.96. The van der Waals surface area contributed by atoms with Gasteiger partial charge in [-0.2, -0.15) is 0 Å². The minimum atomic E-state index is -0.705. The quantitative estimate of drug-likeness (QED) is 0.887. The first-order valence-corrected chi connectivity index (χ1v) is 7.84. The van der Waals surface area contributed by atoms with Crippen molar-refractivity contribution in [1.82, 2.24) is 10.3 Å². The van der Waals surface area contributed by atoms with Crippen LogP contribution in [0.3, 0.4) is 0 Å². The summed E-state index contributed by atoms with van der Waals surface area (Å²) in [6.45, 7) is 0.465. The fraction of sp³-hybridized carbons (Fsp3) is 0.412. The molecule has 3 N–H and O–H groups in total. The molecule has 5 nitrogen and oxygen atoms in total. The molecule has 3 rings (SSSR count). The van der Waals surface area contributed by atoms with Gasteiger partial charge >= 0.3 is 0 Å². The van der Waals surface area contributed by atoms with Crippen LogP contribution < -0.4 is 11.1 Å². The van der Waals surface area contributed by atoms with Gasteiger partial charge in [0.25, 0.3) is 0 Å². The number of amides is 1. The molecule has 1 aliphatic rings. The van der Waals surface area contributed by atoms with Gasteiger partial charge in [-0.1, -0.05) is 12.8 Å². The lowest BCUT2D eigenvalue weighted by atomic mass is 9.98. The number of carbonyl (C=O) groups excluding carboxylic acids is 1. The number of aromatic nitrogens is 1. The van der Waals surface area contributed by atoms with E-state index in [4.69, 9.17) is 10.2 Å². The number of oxazole rings is 1. The Labute approximate surface area is 134 Å². The number of carbonyl (C=O) groups is 1. The summed E-state index contributed by atoms with van der Waals surface area (Å²) < 4.78 is 18.3. The molecule has 0 aliphatic heterocycles. The standard InChI is InChI=1S/C17H20FN3O2/c18-13-5-3-12(4-6-13)15-21-14(11-23-15)7-10-20-16(22)17(19)8-1-2-9-17/h3-6,11H,1-2,7-10,19H2,(H,20,22). The Kier molecular flexibility index (Phi) is 4.43. The molecule has 1 amide bonds. The molecule has 1 saturated carbocycles. The van der Waals surface area contributed by atoms with Crippen molar-refractivity contribution < 1.29 is 13.6 Å². The SMILES string of the molecule is NC1(C(=O)NCCc2coc(-c3ccc(F)cc3)n2)CCCC1. The maximum Gasteiger partial charge on any atom is 0.240 e. The van der Waals surface area contributed by atoms with E-state index in [9.17, 15) is 9.18 Å². The average Bonchev–Trinajstić information content (AvgIpc) is 3.18. The highest BCUT2D eigenvalue weighted by Crippen LogP contribution is 2.27. The molecule has 0 bridgehead atoms. The summed E-state index contributed by atoms with van der Waals surface area (Å²) in [4.78, 5) is 16.5. The zero-order chi connectivity index (χ0) is 16.3. The lowest BCUT2D eigenvalue weighted by Crippen LogP contribution is -2.52. The maximum absolute atomic E-state index is 12.9. The summed E-state index contributed by atoms with van der Waals surface area (Å²) in [6.07, 6.45) is 5.63. The second-order valence-corrected chi connectivity index (χ2v) is 6.02. The Balaban J connectivity index is 1.53. The number of nitrogens with two attached hydrogens (primary N) is 1. The summed E-state index contributed by atoms with van der Waals surface area (Å²) in [5, 5.41) is 2.87. The van der Waals surface area contributed by atoms with Crippen LogP contribution in [0.5, 0.6) is 0 Å². The van der Waals surface area contributed by atoms with E-state index in [1.165, 1.54) is 12.1 Å². The van der Waals surface area contributed by atoms with Crippen LogP contribution in [0, 0.1) is 5.82 Å². The second-order valence-electron chi connectivity index (χ2n) is 6.02. The van der Waals surface area contributed by atoms with Gasteiger partial charge in [0.2, 0.25) is 11.8 Å². The molecule has 1 aromatic heterocycles. The average molecular weight is 317 g/mol. The molecule has 0 radical (unpaired) electrons. The molecule has 23 heavy (non-hydrogen) atoms. The zero-order valence-electron chi connectivity index (χ0n) is 12.8. The summed E-state index contributed by atoms with van der Waals surface area (Å²) in [5.74, 6) is 0.0561. The monoisotopic (exact) mass is 317 g/mol. The number of nitrogens with zero attached hydrogens (tertiary/aromatic N) is 1. The Morgan fingerprint density at radius 2 is 2.00 bits per heavy atom. The third-order valence-electron chi connectivity index (χ3n) is 4.26. The fourth-order valence-corrected chi connectivity index (χ4v) is 2.86. The van der Waals surface area contributed by atoms with E-state index in [-0.39, 0.29) is 11.7 Å². The zero-order valence-corrected chi connectivity index (χ0v) is 12.8. The van der Waals surface area contributed by atoms with E-state index in [2.05, 4.69) is 10.3 Å². The van der Waals surface area contributed by atoms with Gasteiger partial charge in [0.15, 0.2) is 0 Å². The lowest BCUT2D eigenvalue weighted by molar-refractivity contribution is -0.126. The van der Waals surface area contributed by atoms with Crippen LogP contribution in [0.1, 0.15) is 31.4 Å². The summed E-state index contributed by atoms with van der Waals surface area (Å²) in [5.41, 5.74) is 6.85. The third kappa shape index (κ3) is 3.59. The van der Waals surface area contributed by atoms with Crippen molar-refractivity contribution >= 4 is 5.91 Å².